The first-order valence-corrected chi connectivity index (χ1v) is 10.8. The van der Waals surface area contributed by atoms with E-state index in [-0.39, 0.29) is 29.3 Å². The number of aromatic amines is 1. The fraction of sp³-hybridized carbons (Fsp3) is 0.150. The number of esters is 1. The molecular formula is C20H17ClN4O5S. The summed E-state index contributed by atoms with van der Waals surface area (Å²) in [5, 5.41) is 19.9. The number of imidazole rings is 1. The van der Waals surface area contributed by atoms with Gasteiger partial charge in [0.2, 0.25) is 10.0 Å². The van der Waals surface area contributed by atoms with E-state index in [2.05, 4.69) is 14.7 Å². The van der Waals surface area contributed by atoms with Gasteiger partial charge in [-0.1, -0.05) is 23.7 Å². The molecule has 0 unspecified atom stereocenters. The topological polar surface area (TPSA) is 145 Å². The van der Waals surface area contributed by atoms with Gasteiger partial charge in [0.1, 0.15) is 18.2 Å². The van der Waals surface area contributed by atoms with Crippen LogP contribution in [-0.4, -0.2) is 42.6 Å². The molecule has 0 saturated heterocycles. The highest BCUT2D eigenvalue weighted by molar-refractivity contribution is 7.89. The van der Waals surface area contributed by atoms with E-state index in [0.717, 1.165) is 0 Å². The van der Waals surface area contributed by atoms with Crippen molar-refractivity contribution in [2.45, 2.75) is 11.3 Å². The normalized spacial score (nSPS) is 12.3. The lowest BCUT2D eigenvalue weighted by Gasteiger charge is -2.08. The summed E-state index contributed by atoms with van der Waals surface area (Å²) in [6.45, 7) is -0.758. The number of aliphatic hydroxyl groups is 1. The summed E-state index contributed by atoms with van der Waals surface area (Å²) in [6.07, 6.45) is -0.271. The van der Waals surface area contributed by atoms with Crippen molar-refractivity contribution in [1.82, 2.24) is 14.7 Å². The Bertz CT molecular complexity index is 1240. The third-order valence-corrected chi connectivity index (χ3v) is 5.87. The van der Waals surface area contributed by atoms with Gasteiger partial charge in [0, 0.05) is 11.6 Å². The number of halogens is 1. The van der Waals surface area contributed by atoms with Crippen LogP contribution < -0.4 is 4.72 Å². The lowest BCUT2D eigenvalue weighted by molar-refractivity contribution is -0.143. The molecule has 0 saturated carbocycles. The van der Waals surface area contributed by atoms with Crippen molar-refractivity contribution in [3.63, 3.8) is 0 Å². The van der Waals surface area contributed by atoms with E-state index in [1.54, 1.807) is 24.3 Å². The second kappa shape index (κ2) is 9.61. The molecule has 0 aliphatic carbocycles. The first-order chi connectivity index (χ1) is 14.8. The van der Waals surface area contributed by atoms with Crippen LogP contribution in [0.3, 0.4) is 0 Å². The Hall–Kier alpha value is -3.39. The SMILES string of the molecule is N#C/C(=C(/O)COC(=O)CCNS(=O)(=O)c1ccc(Cl)cc1)c1nc2ccccc2[nH]1. The third-order valence-electron chi connectivity index (χ3n) is 4.14. The maximum Gasteiger partial charge on any atom is 0.307 e. The summed E-state index contributed by atoms with van der Waals surface area (Å²) < 4.78 is 31.5. The number of ether oxygens (including phenoxy) is 1. The first-order valence-electron chi connectivity index (χ1n) is 8.98. The average Bonchev–Trinajstić information content (AvgIpc) is 3.16. The molecule has 3 rings (SSSR count). The molecule has 0 amide bonds. The van der Waals surface area contributed by atoms with Crippen molar-refractivity contribution in [2.75, 3.05) is 13.2 Å². The number of allylic oxidation sites excluding steroid dienone is 1. The van der Waals surface area contributed by atoms with Gasteiger partial charge in [-0.2, -0.15) is 5.26 Å². The number of nitriles is 1. The molecule has 0 aliphatic heterocycles. The zero-order valence-electron chi connectivity index (χ0n) is 16.0. The molecule has 160 valence electrons. The highest BCUT2D eigenvalue weighted by atomic mass is 35.5. The van der Waals surface area contributed by atoms with Gasteiger partial charge in [-0.05, 0) is 36.4 Å². The highest BCUT2D eigenvalue weighted by Gasteiger charge is 2.17. The van der Waals surface area contributed by atoms with Gasteiger partial charge in [0.05, 0.1) is 22.3 Å². The zero-order valence-corrected chi connectivity index (χ0v) is 17.6. The van der Waals surface area contributed by atoms with Crippen molar-refractivity contribution in [2.24, 2.45) is 0 Å². The predicted molar refractivity (Wildman–Crippen MR) is 113 cm³/mol. The van der Waals surface area contributed by atoms with Crippen molar-refractivity contribution in [1.29, 1.82) is 5.26 Å². The minimum absolute atomic E-state index is 0.00958. The van der Waals surface area contributed by atoms with Gasteiger partial charge in [-0.3, -0.25) is 4.79 Å². The summed E-state index contributed by atoms with van der Waals surface area (Å²) in [5.74, 6) is -1.09. The minimum Gasteiger partial charge on any atom is -0.507 e. The van der Waals surface area contributed by atoms with E-state index in [1.165, 1.54) is 24.3 Å². The molecule has 0 fully saturated rings. The van der Waals surface area contributed by atoms with E-state index < -0.39 is 28.4 Å². The van der Waals surface area contributed by atoms with Gasteiger partial charge < -0.3 is 14.8 Å². The Kier molecular flexibility index (Phi) is 6.91. The minimum atomic E-state index is -3.80. The number of carbonyl (C=O) groups is 1. The fourth-order valence-electron chi connectivity index (χ4n) is 2.60. The highest BCUT2D eigenvalue weighted by Crippen LogP contribution is 2.19. The van der Waals surface area contributed by atoms with E-state index >= 15 is 0 Å². The first kappa shape index (κ1) is 22.3. The van der Waals surface area contributed by atoms with Gasteiger partial charge in [-0.15, -0.1) is 0 Å². The molecule has 0 atom stereocenters. The Labute approximate surface area is 183 Å². The van der Waals surface area contributed by atoms with Crippen molar-refractivity contribution in [3.8, 4) is 6.07 Å². The van der Waals surface area contributed by atoms with E-state index in [0.29, 0.717) is 16.1 Å². The molecule has 2 aromatic carbocycles. The number of benzene rings is 2. The number of carbonyl (C=O) groups excluding carboxylic acids is 1. The number of fused-ring (bicyclic) bond motifs is 1. The average molecular weight is 461 g/mol. The monoisotopic (exact) mass is 460 g/mol. The molecule has 0 radical (unpaired) electrons. The van der Waals surface area contributed by atoms with Crippen molar-refractivity contribution in [3.05, 3.63) is 65.1 Å². The molecule has 9 nitrogen and oxygen atoms in total. The quantitative estimate of drug-likeness (QED) is 0.266. The van der Waals surface area contributed by atoms with E-state index in [9.17, 15) is 23.6 Å². The van der Waals surface area contributed by atoms with Gasteiger partial charge >= 0.3 is 5.97 Å². The van der Waals surface area contributed by atoms with Gasteiger partial charge in [0.25, 0.3) is 0 Å². The molecule has 0 aliphatic rings. The van der Waals surface area contributed by atoms with Gasteiger partial charge in [0.15, 0.2) is 11.6 Å². The number of aliphatic hydroxyl groups excluding tert-OH is 1. The van der Waals surface area contributed by atoms with Crippen molar-refractivity contribution >= 4 is 44.2 Å². The lowest BCUT2D eigenvalue weighted by atomic mass is 10.2. The molecule has 11 heteroatoms. The maximum absolute atomic E-state index is 12.1. The molecule has 1 aromatic heterocycles. The van der Waals surface area contributed by atoms with Crippen LogP contribution in [-0.2, 0) is 19.6 Å². The Morgan fingerprint density at radius 3 is 2.61 bits per heavy atom. The second-order valence-corrected chi connectivity index (χ2v) is 8.50. The lowest BCUT2D eigenvalue weighted by Crippen LogP contribution is -2.27. The predicted octanol–water partition coefficient (Wildman–Crippen LogP) is 2.92. The molecule has 1 heterocycles. The number of hydrogen-bond donors (Lipinski definition) is 3. The number of hydrogen-bond acceptors (Lipinski definition) is 7. The zero-order chi connectivity index (χ0) is 22.4. The number of para-hydroxylation sites is 2. The standard InChI is InChI=1S/C20H17ClN4O5S/c21-13-5-7-14(8-6-13)31(28,29)23-10-9-19(27)30-12-18(26)15(11-22)20-24-16-3-1-2-4-17(16)25-20/h1-8,23,26H,9-10,12H2,(H,24,25)/b18-15-. The summed E-state index contributed by atoms with van der Waals surface area (Å²) in [4.78, 5) is 19.0. The molecular weight excluding hydrogens is 444 g/mol. The summed E-state index contributed by atoms with van der Waals surface area (Å²) in [5.41, 5.74) is 1.14. The van der Waals surface area contributed by atoms with E-state index in [4.69, 9.17) is 16.3 Å². The smallest absolute Gasteiger partial charge is 0.307 e. The van der Waals surface area contributed by atoms with Crippen LogP contribution in [0.4, 0.5) is 0 Å². The number of rotatable bonds is 8. The Morgan fingerprint density at radius 1 is 1.23 bits per heavy atom. The summed E-state index contributed by atoms with van der Waals surface area (Å²) >= 11 is 5.73. The Balaban J connectivity index is 1.55. The van der Waals surface area contributed by atoms with Crippen LogP contribution in [0.15, 0.2) is 59.2 Å². The van der Waals surface area contributed by atoms with Crippen LogP contribution in [0.25, 0.3) is 16.6 Å². The van der Waals surface area contributed by atoms with Crippen LogP contribution in [0.5, 0.6) is 0 Å². The molecule has 31 heavy (non-hydrogen) atoms. The van der Waals surface area contributed by atoms with Crippen LogP contribution in [0.2, 0.25) is 5.02 Å². The molecule has 0 spiro atoms. The Morgan fingerprint density at radius 2 is 1.94 bits per heavy atom. The number of H-pyrrole nitrogens is 1. The largest absolute Gasteiger partial charge is 0.507 e. The summed E-state index contributed by atoms with van der Waals surface area (Å²) in [7, 11) is -3.80. The summed E-state index contributed by atoms with van der Waals surface area (Å²) in [6, 6.07) is 14.5. The molecule has 3 N–H and O–H groups in total. The molecule has 0 bridgehead atoms. The number of sulfonamides is 1. The van der Waals surface area contributed by atoms with Crippen molar-refractivity contribution < 1.29 is 23.1 Å². The van der Waals surface area contributed by atoms with E-state index in [1.807, 2.05) is 6.07 Å². The van der Waals surface area contributed by atoms with Crippen LogP contribution >= 0.6 is 11.6 Å². The number of nitrogens with one attached hydrogen (secondary N) is 2. The third kappa shape index (κ3) is 5.61. The maximum atomic E-state index is 12.1. The fourth-order valence-corrected chi connectivity index (χ4v) is 3.76. The van der Waals surface area contributed by atoms with Gasteiger partial charge in [-0.25, -0.2) is 18.1 Å². The second-order valence-electron chi connectivity index (χ2n) is 6.30. The molecule has 3 aromatic rings. The van der Waals surface area contributed by atoms with Crippen LogP contribution in [0, 0.1) is 11.3 Å². The number of nitrogens with zero attached hydrogens (tertiary/aromatic N) is 2. The number of aromatic nitrogens is 2. The van der Waals surface area contributed by atoms with Crippen LogP contribution in [0.1, 0.15) is 12.2 Å².